The van der Waals surface area contributed by atoms with Gasteiger partial charge in [-0.25, -0.2) is 0 Å². The van der Waals surface area contributed by atoms with Gasteiger partial charge in [-0.05, 0) is 141 Å². The number of fused-ring (bicyclic) bond motifs is 12. The Morgan fingerprint density at radius 2 is 0.821 bits per heavy atom. The van der Waals surface area contributed by atoms with Crippen molar-refractivity contribution in [3.05, 3.63) is 239 Å². The number of hydrogen-bond acceptors (Lipinski definition) is 4. The highest BCUT2D eigenvalue weighted by molar-refractivity contribution is 6.12. The molecule has 0 saturated heterocycles. The molecule has 2 aliphatic carbocycles. The molecule has 67 heavy (non-hydrogen) atoms. The van der Waals surface area contributed by atoms with E-state index in [2.05, 4.69) is 12.1 Å². The number of nitrogens with zero attached hydrogens (tertiary/aromatic N) is 4. The maximum absolute atomic E-state index is 15.2. The maximum atomic E-state index is 15.2. The van der Waals surface area contributed by atoms with E-state index in [1.54, 1.807) is 76.5 Å². The molecule has 0 N–H and O–H groups in total. The van der Waals surface area contributed by atoms with E-state index < -0.39 is 28.9 Å². The molecule has 0 fully saturated rings. The lowest BCUT2D eigenvalue weighted by Crippen LogP contribution is -2.27. The van der Waals surface area contributed by atoms with Crippen LogP contribution in [0.15, 0.2) is 194 Å². The molecule has 11 rings (SSSR count). The number of hydrogen-bond donors (Lipinski definition) is 0. The Morgan fingerprint density at radius 3 is 1.36 bits per heavy atom. The van der Waals surface area contributed by atoms with Crippen LogP contribution in [0, 0.1) is 22.7 Å². The van der Waals surface area contributed by atoms with E-state index in [1.807, 2.05) is 91.0 Å². The second kappa shape index (κ2) is 15.3. The van der Waals surface area contributed by atoms with Crippen molar-refractivity contribution in [3.63, 3.8) is 0 Å². The minimum absolute atomic E-state index is 0.120. The van der Waals surface area contributed by atoms with Crippen LogP contribution in [0.25, 0.3) is 33.0 Å². The molecule has 0 saturated carbocycles. The normalized spacial score (nSPS) is 13.0. The van der Waals surface area contributed by atoms with E-state index in [1.165, 1.54) is 24.3 Å². The number of nitriles is 2. The third-order valence-corrected chi connectivity index (χ3v) is 13.0. The molecule has 0 radical (unpaired) electrons. The molecule has 10 heteroatoms. The predicted octanol–water partition coefficient (Wildman–Crippen LogP) is 15.9. The average Bonchev–Trinajstić information content (AvgIpc) is 3.81. The molecular weight excluding hydrogens is 855 g/mol. The van der Waals surface area contributed by atoms with Crippen molar-refractivity contribution in [3.8, 4) is 34.4 Å². The summed E-state index contributed by atoms with van der Waals surface area (Å²) < 4.78 is 90.5. The van der Waals surface area contributed by atoms with Crippen molar-refractivity contribution < 1.29 is 26.3 Å². The minimum atomic E-state index is -4.74. The largest absolute Gasteiger partial charge is 0.418 e. The van der Waals surface area contributed by atoms with E-state index in [4.69, 9.17) is 0 Å². The SMILES string of the molecule is N#Cc1ccc(N(c2ccc3c(c2)C2(c4ccccc4-c4ccccc42)c2cc(N(c4ccc(C#N)cc4)c4ccccc4C(F)(F)F)c4ccccc4c2-3)c2ccccc2C(F)(F)F)cc1. The number of rotatable bonds is 6. The van der Waals surface area contributed by atoms with Crippen molar-refractivity contribution in [2.24, 2.45) is 0 Å². The van der Waals surface area contributed by atoms with Gasteiger partial charge in [-0.3, -0.25) is 0 Å². The van der Waals surface area contributed by atoms with Crippen LogP contribution in [0.3, 0.4) is 0 Å². The topological polar surface area (TPSA) is 54.1 Å². The van der Waals surface area contributed by atoms with Crippen LogP contribution in [-0.2, 0) is 17.8 Å². The standard InChI is InChI=1S/C57H32F6N4/c58-56(59,60)47-17-7-9-19-51(47)66(37-25-21-35(33-64)22-26-37)39-29-30-44-49(31-39)55(45-15-5-3-11-40(45)41-12-4-6-16-46(41)55)50-32-53(42-13-1-2-14-43(42)54(44)50)67(38-27-23-36(34-65)24-28-38)52-20-10-8-18-48(52)57(61,62)63/h1-32H. The van der Waals surface area contributed by atoms with Crippen LogP contribution in [-0.4, -0.2) is 0 Å². The Balaban J connectivity index is 1.26. The van der Waals surface area contributed by atoms with Gasteiger partial charge in [0.2, 0.25) is 0 Å². The van der Waals surface area contributed by atoms with Crippen LogP contribution in [0.5, 0.6) is 0 Å². The molecular formula is C57H32F6N4. The molecule has 0 aromatic heterocycles. The first-order chi connectivity index (χ1) is 32.4. The van der Waals surface area contributed by atoms with Gasteiger partial charge in [-0.2, -0.15) is 36.9 Å². The van der Waals surface area contributed by atoms with Gasteiger partial charge >= 0.3 is 12.4 Å². The molecule has 0 aliphatic heterocycles. The van der Waals surface area contributed by atoms with Crippen LogP contribution < -0.4 is 9.80 Å². The van der Waals surface area contributed by atoms with Crippen molar-refractivity contribution in [1.82, 2.24) is 0 Å². The number of benzene rings is 9. The summed E-state index contributed by atoms with van der Waals surface area (Å²) in [5.74, 6) is 0. The highest BCUT2D eigenvalue weighted by Gasteiger charge is 2.53. The first-order valence-corrected chi connectivity index (χ1v) is 21.3. The van der Waals surface area contributed by atoms with Crippen molar-refractivity contribution in [2.45, 2.75) is 17.8 Å². The van der Waals surface area contributed by atoms with Gasteiger partial charge in [0.05, 0.1) is 56.9 Å². The zero-order valence-corrected chi connectivity index (χ0v) is 35.0. The van der Waals surface area contributed by atoms with Gasteiger partial charge in [0.1, 0.15) is 0 Å². The highest BCUT2D eigenvalue weighted by Crippen LogP contribution is 2.65. The second-order valence-corrected chi connectivity index (χ2v) is 16.5. The lowest BCUT2D eigenvalue weighted by atomic mass is 9.70. The quantitative estimate of drug-likeness (QED) is 0.156. The number of anilines is 6. The summed E-state index contributed by atoms with van der Waals surface area (Å²) in [6.07, 6.45) is -9.46. The van der Waals surface area contributed by atoms with Crippen LogP contribution in [0.2, 0.25) is 0 Å². The Morgan fingerprint density at radius 1 is 0.373 bits per heavy atom. The van der Waals surface area contributed by atoms with Crippen LogP contribution in [0.4, 0.5) is 60.5 Å². The van der Waals surface area contributed by atoms with Crippen molar-refractivity contribution in [2.75, 3.05) is 9.80 Å². The highest BCUT2D eigenvalue weighted by atomic mass is 19.4. The summed E-state index contributed by atoms with van der Waals surface area (Å²) in [6.45, 7) is 0. The lowest BCUT2D eigenvalue weighted by Gasteiger charge is -2.34. The van der Waals surface area contributed by atoms with E-state index in [0.29, 0.717) is 39.3 Å². The Labute approximate surface area is 381 Å². The zero-order valence-electron chi connectivity index (χ0n) is 35.0. The summed E-state index contributed by atoms with van der Waals surface area (Å²) in [5, 5.41) is 20.8. The fraction of sp³-hybridized carbons (Fsp3) is 0.0526. The maximum Gasteiger partial charge on any atom is 0.418 e. The molecule has 1 spiro atoms. The first-order valence-electron chi connectivity index (χ1n) is 21.3. The van der Waals surface area contributed by atoms with Gasteiger partial charge in [0.25, 0.3) is 0 Å². The van der Waals surface area contributed by atoms with Gasteiger partial charge in [0.15, 0.2) is 0 Å². The molecule has 0 unspecified atom stereocenters. The minimum Gasteiger partial charge on any atom is -0.310 e. The van der Waals surface area contributed by atoms with Crippen LogP contribution in [0.1, 0.15) is 44.5 Å². The van der Waals surface area contributed by atoms with Gasteiger partial charge in [0, 0.05) is 22.4 Å². The molecule has 2 aliphatic rings. The third-order valence-electron chi connectivity index (χ3n) is 13.0. The Kier molecular flexibility index (Phi) is 9.36. The molecule has 0 atom stereocenters. The third kappa shape index (κ3) is 6.29. The Hall–Kier alpha value is -8.60. The molecule has 0 bridgehead atoms. The van der Waals surface area contributed by atoms with E-state index in [9.17, 15) is 10.5 Å². The molecule has 9 aromatic carbocycles. The van der Waals surface area contributed by atoms with Crippen LogP contribution >= 0.6 is 0 Å². The van der Waals surface area contributed by atoms with Crippen molar-refractivity contribution >= 4 is 44.9 Å². The molecule has 4 nitrogen and oxygen atoms in total. The van der Waals surface area contributed by atoms with Gasteiger partial charge < -0.3 is 9.80 Å². The smallest absolute Gasteiger partial charge is 0.310 e. The summed E-state index contributed by atoms with van der Waals surface area (Å²) >= 11 is 0. The summed E-state index contributed by atoms with van der Waals surface area (Å²) in [7, 11) is 0. The molecule has 0 amide bonds. The average molecular weight is 887 g/mol. The fourth-order valence-electron chi connectivity index (χ4n) is 10.3. The zero-order chi connectivity index (χ0) is 46.2. The van der Waals surface area contributed by atoms with Gasteiger partial charge in [-0.15, -0.1) is 0 Å². The van der Waals surface area contributed by atoms with E-state index in [-0.39, 0.29) is 11.4 Å². The fourth-order valence-corrected chi connectivity index (χ4v) is 10.3. The van der Waals surface area contributed by atoms with E-state index in [0.717, 1.165) is 62.0 Å². The van der Waals surface area contributed by atoms with Gasteiger partial charge in [-0.1, -0.05) is 103 Å². The monoisotopic (exact) mass is 886 g/mol. The lowest BCUT2D eigenvalue weighted by molar-refractivity contribution is -0.137. The number of alkyl halides is 6. The Bertz CT molecular complexity index is 3500. The predicted molar refractivity (Wildman–Crippen MR) is 249 cm³/mol. The van der Waals surface area contributed by atoms with E-state index >= 15 is 26.3 Å². The van der Waals surface area contributed by atoms with Crippen molar-refractivity contribution in [1.29, 1.82) is 10.5 Å². The number of para-hydroxylation sites is 2. The summed E-state index contributed by atoms with van der Waals surface area (Å²) in [5.41, 5.74) is 6.08. The molecule has 322 valence electrons. The summed E-state index contributed by atoms with van der Waals surface area (Å²) in [4.78, 5) is 3.15. The first kappa shape index (κ1) is 41.1. The summed E-state index contributed by atoms with van der Waals surface area (Å²) in [6, 6.07) is 59.0. The second-order valence-electron chi connectivity index (χ2n) is 16.5. The molecule has 0 heterocycles. The number of halogens is 6. The molecule has 9 aromatic rings.